The van der Waals surface area contributed by atoms with E-state index in [1.807, 2.05) is 25.1 Å². The van der Waals surface area contributed by atoms with Gasteiger partial charge in [0.05, 0.1) is 18.5 Å². The second-order valence-electron chi connectivity index (χ2n) is 4.95. The third-order valence-electron chi connectivity index (χ3n) is 3.53. The molecule has 0 aromatic heterocycles. The zero-order chi connectivity index (χ0) is 13.7. The number of ether oxygens (including phenoxy) is 1. The van der Waals surface area contributed by atoms with Crippen molar-refractivity contribution >= 4 is 17.3 Å². The van der Waals surface area contributed by atoms with Crippen molar-refractivity contribution < 1.29 is 9.53 Å². The van der Waals surface area contributed by atoms with Crippen molar-refractivity contribution in [1.29, 1.82) is 0 Å². The van der Waals surface area contributed by atoms with E-state index < -0.39 is 0 Å². The summed E-state index contributed by atoms with van der Waals surface area (Å²) in [6.07, 6.45) is 3.78. The largest absolute Gasteiger partial charge is 0.467 e. The molecule has 1 aromatic carbocycles. The lowest BCUT2D eigenvalue weighted by Crippen LogP contribution is -2.32. The lowest BCUT2D eigenvalue weighted by molar-refractivity contribution is -0.141. The minimum atomic E-state index is -0.337. The molecule has 1 unspecified atom stereocenters. The molecule has 0 amide bonds. The van der Waals surface area contributed by atoms with Gasteiger partial charge in [-0.1, -0.05) is 12.1 Å². The quantitative estimate of drug-likeness (QED) is 0.847. The monoisotopic (exact) mass is 262 g/mol. The minimum absolute atomic E-state index is 0.242. The van der Waals surface area contributed by atoms with Crippen LogP contribution in [-0.4, -0.2) is 32.2 Å². The van der Waals surface area contributed by atoms with E-state index in [2.05, 4.69) is 16.3 Å². The smallest absolute Gasteiger partial charge is 0.327 e. The number of anilines is 2. The number of hydrogen-bond acceptors (Lipinski definition) is 4. The van der Waals surface area contributed by atoms with Crippen LogP contribution < -0.4 is 10.2 Å². The third-order valence-corrected chi connectivity index (χ3v) is 3.53. The Bertz CT molecular complexity index is 428. The summed E-state index contributed by atoms with van der Waals surface area (Å²) in [5.74, 6) is -0.242. The van der Waals surface area contributed by atoms with Crippen molar-refractivity contribution in [2.75, 3.05) is 30.4 Å². The summed E-state index contributed by atoms with van der Waals surface area (Å²) in [5, 5.41) is 3.24. The molecule has 19 heavy (non-hydrogen) atoms. The highest BCUT2D eigenvalue weighted by Crippen LogP contribution is 2.28. The van der Waals surface area contributed by atoms with Crippen LogP contribution in [0.1, 0.15) is 26.2 Å². The van der Waals surface area contributed by atoms with Crippen LogP contribution in [0.15, 0.2) is 24.3 Å². The molecule has 1 saturated heterocycles. The Morgan fingerprint density at radius 3 is 2.63 bits per heavy atom. The number of rotatable bonds is 4. The molecule has 0 aliphatic carbocycles. The van der Waals surface area contributed by atoms with Crippen molar-refractivity contribution in [3.05, 3.63) is 24.3 Å². The number of piperidine rings is 1. The first-order valence-corrected chi connectivity index (χ1v) is 6.90. The van der Waals surface area contributed by atoms with Gasteiger partial charge in [0, 0.05) is 13.1 Å². The van der Waals surface area contributed by atoms with Gasteiger partial charge in [0.1, 0.15) is 6.04 Å². The molecular formula is C15H22N2O2. The average Bonchev–Trinajstić information content (AvgIpc) is 2.47. The molecule has 0 saturated carbocycles. The van der Waals surface area contributed by atoms with E-state index in [1.54, 1.807) is 0 Å². The second kappa shape index (κ2) is 6.45. The molecule has 1 aliphatic rings. The lowest BCUT2D eigenvalue weighted by atomic mass is 10.1. The number of carbonyl (C=O) groups is 1. The minimum Gasteiger partial charge on any atom is -0.467 e. The van der Waals surface area contributed by atoms with Gasteiger partial charge in [-0.2, -0.15) is 0 Å². The molecule has 0 spiro atoms. The van der Waals surface area contributed by atoms with Crippen LogP contribution in [0.5, 0.6) is 0 Å². The van der Waals surface area contributed by atoms with Gasteiger partial charge in [0.2, 0.25) is 0 Å². The van der Waals surface area contributed by atoms with Crippen LogP contribution in [-0.2, 0) is 9.53 Å². The fraction of sp³-hybridized carbons (Fsp3) is 0.533. The number of methoxy groups -OCH3 is 1. The molecule has 4 heteroatoms. The average molecular weight is 262 g/mol. The highest BCUT2D eigenvalue weighted by Gasteiger charge is 2.17. The fourth-order valence-corrected chi connectivity index (χ4v) is 2.48. The van der Waals surface area contributed by atoms with E-state index in [1.165, 1.54) is 32.1 Å². The van der Waals surface area contributed by atoms with E-state index >= 15 is 0 Å². The molecule has 1 aromatic rings. The Balaban J connectivity index is 2.13. The number of hydrogen-bond donors (Lipinski definition) is 1. The van der Waals surface area contributed by atoms with Gasteiger partial charge in [-0.3, -0.25) is 0 Å². The van der Waals surface area contributed by atoms with Crippen molar-refractivity contribution in [3.63, 3.8) is 0 Å². The third kappa shape index (κ3) is 3.40. The molecule has 1 atom stereocenters. The summed E-state index contributed by atoms with van der Waals surface area (Å²) in [5.41, 5.74) is 2.18. The number of para-hydroxylation sites is 2. The number of nitrogens with one attached hydrogen (secondary N) is 1. The molecule has 1 N–H and O–H groups in total. The topological polar surface area (TPSA) is 41.6 Å². The van der Waals surface area contributed by atoms with Gasteiger partial charge in [0.15, 0.2) is 0 Å². The van der Waals surface area contributed by atoms with Crippen molar-refractivity contribution in [3.8, 4) is 0 Å². The number of benzene rings is 1. The molecular weight excluding hydrogens is 240 g/mol. The maximum atomic E-state index is 11.5. The summed E-state index contributed by atoms with van der Waals surface area (Å²) in [7, 11) is 1.41. The molecule has 4 nitrogen and oxygen atoms in total. The highest BCUT2D eigenvalue weighted by molar-refractivity contribution is 5.81. The number of esters is 1. The maximum Gasteiger partial charge on any atom is 0.327 e. The normalized spacial score (nSPS) is 16.8. The van der Waals surface area contributed by atoms with Crippen molar-refractivity contribution in [1.82, 2.24) is 0 Å². The first-order valence-electron chi connectivity index (χ1n) is 6.90. The molecule has 1 heterocycles. The van der Waals surface area contributed by atoms with Crippen LogP contribution in [0.2, 0.25) is 0 Å². The van der Waals surface area contributed by atoms with Gasteiger partial charge >= 0.3 is 5.97 Å². The van der Waals surface area contributed by atoms with Crippen LogP contribution >= 0.6 is 0 Å². The molecule has 2 rings (SSSR count). The predicted molar refractivity (Wildman–Crippen MR) is 77.6 cm³/mol. The van der Waals surface area contributed by atoms with Crippen LogP contribution in [0.3, 0.4) is 0 Å². The Morgan fingerprint density at radius 2 is 1.95 bits per heavy atom. The zero-order valence-electron chi connectivity index (χ0n) is 11.7. The van der Waals surface area contributed by atoms with Gasteiger partial charge in [-0.15, -0.1) is 0 Å². The Hall–Kier alpha value is -1.71. The van der Waals surface area contributed by atoms with Gasteiger partial charge < -0.3 is 15.0 Å². The summed E-state index contributed by atoms with van der Waals surface area (Å²) >= 11 is 0. The fourth-order valence-electron chi connectivity index (χ4n) is 2.48. The van der Waals surface area contributed by atoms with Crippen LogP contribution in [0, 0.1) is 0 Å². The lowest BCUT2D eigenvalue weighted by Gasteiger charge is -2.31. The summed E-state index contributed by atoms with van der Waals surface area (Å²) < 4.78 is 4.75. The van der Waals surface area contributed by atoms with Crippen molar-refractivity contribution in [2.45, 2.75) is 32.2 Å². The van der Waals surface area contributed by atoms with E-state index in [0.717, 1.165) is 18.8 Å². The van der Waals surface area contributed by atoms with E-state index in [-0.39, 0.29) is 12.0 Å². The Kier molecular flexibility index (Phi) is 4.66. The summed E-state index contributed by atoms with van der Waals surface area (Å²) in [6.45, 7) is 4.00. The molecule has 0 radical (unpaired) electrons. The molecule has 1 aliphatic heterocycles. The zero-order valence-corrected chi connectivity index (χ0v) is 11.7. The first-order chi connectivity index (χ1) is 9.22. The SMILES string of the molecule is COC(=O)C(C)Nc1ccccc1N1CCCCC1. The highest BCUT2D eigenvalue weighted by atomic mass is 16.5. The molecule has 1 fully saturated rings. The number of carbonyl (C=O) groups excluding carboxylic acids is 1. The first kappa shape index (κ1) is 13.7. The Morgan fingerprint density at radius 1 is 1.26 bits per heavy atom. The van der Waals surface area contributed by atoms with Crippen LogP contribution in [0.25, 0.3) is 0 Å². The summed E-state index contributed by atoms with van der Waals surface area (Å²) in [4.78, 5) is 13.9. The van der Waals surface area contributed by atoms with Gasteiger partial charge in [0.25, 0.3) is 0 Å². The predicted octanol–water partition coefficient (Wildman–Crippen LogP) is 2.65. The summed E-state index contributed by atoms with van der Waals surface area (Å²) in [6, 6.07) is 7.81. The second-order valence-corrected chi connectivity index (χ2v) is 4.95. The Labute approximate surface area is 114 Å². The van der Waals surface area contributed by atoms with E-state index in [0.29, 0.717) is 0 Å². The maximum absolute atomic E-state index is 11.5. The van der Waals surface area contributed by atoms with Gasteiger partial charge in [-0.25, -0.2) is 4.79 Å². The van der Waals surface area contributed by atoms with Gasteiger partial charge in [-0.05, 0) is 38.3 Å². The molecule has 104 valence electrons. The standard InChI is InChI=1S/C15H22N2O2/c1-12(15(18)19-2)16-13-8-4-5-9-14(13)17-10-6-3-7-11-17/h4-5,8-9,12,16H,3,6-7,10-11H2,1-2H3. The van der Waals surface area contributed by atoms with E-state index in [4.69, 9.17) is 4.74 Å². The van der Waals surface area contributed by atoms with E-state index in [9.17, 15) is 4.79 Å². The van der Waals surface area contributed by atoms with Crippen molar-refractivity contribution in [2.24, 2.45) is 0 Å². The molecule has 0 bridgehead atoms. The van der Waals surface area contributed by atoms with Crippen LogP contribution in [0.4, 0.5) is 11.4 Å². The number of nitrogens with zero attached hydrogens (tertiary/aromatic N) is 1.